The lowest BCUT2D eigenvalue weighted by Crippen LogP contribution is -2.46. The van der Waals surface area contributed by atoms with E-state index < -0.39 is 0 Å². The summed E-state index contributed by atoms with van der Waals surface area (Å²) in [5, 5.41) is 3.64. The fraction of sp³-hybridized carbons (Fsp3) is 0.364. The zero-order chi connectivity index (χ0) is 20.1. The van der Waals surface area contributed by atoms with Crippen LogP contribution in [0.4, 0.5) is 11.6 Å². The topological polar surface area (TPSA) is 64.3 Å². The summed E-state index contributed by atoms with van der Waals surface area (Å²) in [6, 6.07) is 15.8. The van der Waals surface area contributed by atoms with E-state index in [9.17, 15) is 4.79 Å². The molecule has 30 heavy (non-hydrogen) atoms. The lowest BCUT2D eigenvalue weighted by Gasteiger charge is -2.36. The van der Waals surface area contributed by atoms with Crippen LogP contribution >= 0.6 is 24.0 Å². The van der Waals surface area contributed by atoms with Crippen LogP contribution in [0.2, 0.25) is 5.02 Å². The predicted molar refractivity (Wildman–Crippen MR) is 126 cm³/mol. The number of fused-ring (bicyclic) bond motifs is 1. The molecule has 0 spiro atoms. The molecule has 2 N–H and O–H groups in total. The summed E-state index contributed by atoms with van der Waals surface area (Å²) in [6.45, 7) is 5.18. The second kappa shape index (κ2) is 10.7. The molecule has 0 atom stereocenters. The minimum absolute atomic E-state index is 0. The van der Waals surface area contributed by atoms with Gasteiger partial charge in [0, 0.05) is 43.3 Å². The number of carbonyl (C=O) groups excluding carboxylic acids is 1. The third-order valence-corrected chi connectivity index (χ3v) is 5.59. The van der Waals surface area contributed by atoms with Gasteiger partial charge in [0.05, 0.1) is 11.0 Å². The molecule has 0 aliphatic carbocycles. The number of nitrogens with one attached hydrogen (secondary N) is 2. The van der Waals surface area contributed by atoms with E-state index in [1.807, 2.05) is 36.4 Å². The van der Waals surface area contributed by atoms with Crippen LogP contribution in [0.5, 0.6) is 0 Å². The molecule has 2 aromatic carbocycles. The van der Waals surface area contributed by atoms with E-state index in [0.29, 0.717) is 12.4 Å². The first kappa shape index (κ1) is 22.4. The molecule has 8 heteroatoms. The van der Waals surface area contributed by atoms with E-state index in [1.165, 1.54) is 5.69 Å². The molecule has 1 saturated heterocycles. The van der Waals surface area contributed by atoms with Gasteiger partial charge >= 0.3 is 0 Å². The number of anilines is 2. The van der Waals surface area contributed by atoms with Crippen LogP contribution < -0.4 is 10.2 Å². The molecule has 1 aliphatic rings. The molecule has 1 fully saturated rings. The second-order valence-electron chi connectivity index (χ2n) is 7.41. The van der Waals surface area contributed by atoms with Crippen molar-refractivity contribution in [1.82, 2.24) is 14.9 Å². The largest absolute Gasteiger partial charge is 0.369 e. The number of para-hydroxylation sites is 2. The maximum Gasteiger partial charge on any atom is 0.226 e. The van der Waals surface area contributed by atoms with Gasteiger partial charge in [-0.25, -0.2) is 4.98 Å². The van der Waals surface area contributed by atoms with Gasteiger partial charge in [0.25, 0.3) is 0 Å². The number of hydrogen-bond donors (Lipinski definition) is 2. The van der Waals surface area contributed by atoms with Crippen molar-refractivity contribution in [2.45, 2.75) is 19.3 Å². The average Bonchev–Trinajstić information content (AvgIpc) is 3.14. The number of aromatic amines is 1. The fourth-order valence-corrected chi connectivity index (χ4v) is 3.84. The smallest absolute Gasteiger partial charge is 0.226 e. The Labute approximate surface area is 188 Å². The molecule has 0 radical (unpaired) electrons. The summed E-state index contributed by atoms with van der Waals surface area (Å²) in [6.07, 6.45) is 2.42. The number of H-pyrrole nitrogens is 1. The Morgan fingerprint density at radius 2 is 1.77 bits per heavy atom. The molecular formula is C22H27Cl2N5O. The van der Waals surface area contributed by atoms with Crippen LogP contribution in [0, 0.1) is 0 Å². The van der Waals surface area contributed by atoms with Gasteiger partial charge in [-0.2, -0.15) is 0 Å². The number of piperazine rings is 1. The molecule has 0 unspecified atom stereocenters. The number of hydrogen-bond acceptors (Lipinski definition) is 4. The lowest BCUT2D eigenvalue weighted by molar-refractivity contribution is -0.116. The quantitative estimate of drug-likeness (QED) is 0.520. The van der Waals surface area contributed by atoms with Crippen LogP contribution in [0.25, 0.3) is 11.0 Å². The third kappa shape index (κ3) is 5.88. The highest BCUT2D eigenvalue weighted by Gasteiger charge is 2.17. The van der Waals surface area contributed by atoms with Gasteiger partial charge in [-0.15, -0.1) is 12.4 Å². The van der Waals surface area contributed by atoms with Gasteiger partial charge in [0.2, 0.25) is 11.9 Å². The number of aromatic nitrogens is 2. The van der Waals surface area contributed by atoms with E-state index in [0.717, 1.165) is 61.6 Å². The van der Waals surface area contributed by atoms with Gasteiger partial charge in [0.15, 0.2) is 0 Å². The van der Waals surface area contributed by atoms with Gasteiger partial charge in [-0.3, -0.25) is 15.0 Å². The molecule has 3 aromatic rings. The van der Waals surface area contributed by atoms with Crippen LogP contribution in [0.3, 0.4) is 0 Å². The summed E-state index contributed by atoms with van der Waals surface area (Å²) < 4.78 is 0. The number of imidazole rings is 1. The predicted octanol–water partition coefficient (Wildman–Crippen LogP) is 4.57. The summed E-state index contributed by atoms with van der Waals surface area (Å²) in [7, 11) is 0. The number of amides is 1. The number of unbranched alkanes of at least 4 members (excludes halogenated alkanes) is 1. The molecule has 4 rings (SSSR count). The average molecular weight is 448 g/mol. The molecular weight excluding hydrogens is 421 g/mol. The Kier molecular flexibility index (Phi) is 7.96. The first-order valence-electron chi connectivity index (χ1n) is 10.1. The minimum Gasteiger partial charge on any atom is -0.369 e. The first-order valence-corrected chi connectivity index (χ1v) is 10.5. The van der Waals surface area contributed by atoms with E-state index in [2.05, 4.69) is 37.2 Å². The Morgan fingerprint density at radius 1 is 1.03 bits per heavy atom. The van der Waals surface area contributed by atoms with Crippen molar-refractivity contribution in [2.24, 2.45) is 0 Å². The van der Waals surface area contributed by atoms with Crippen molar-refractivity contribution in [3.8, 4) is 0 Å². The van der Waals surface area contributed by atoms with E-state index in [4.69, 9.17) is 11.6 Å². The first-order chi connectivity index (χ1) is 14.2. The standard InChI is InChI=1S/C22H26ClN5O.ClH/c23-17-8-10-18(11-9-17)28-15-13-27(14-16-28)12-4-3-7-21(29)26-22-24-19-5-1-2-6-20(19)25-22;/h1-2,5-6,8-11H,3-4,7,12-16H2,(H2,24,25,26,29);1H. The van der Waals surface area contributed by atoms with Crippen molar-refractivity contribution in [2.75, 3.05) is 42.9 Å². The van der Waals surface area contributed by atoms with Gasteiger partial charge in [0.1, 0.15) is 0 Å². The maximum absolute atomic E-state index is 12.2. The zero-order valence-electron chi connectivity index (χ0n) is 16.8. The lowest BCUT2D eigenvalue weighted by atomic mass is 10.2. The van der Waals surface area contributed by atoms with Crippen molar-refractivity contribution >= 4 is 52.6 Å². The molecule has 0 bridgehead atoms. The van der Waals surface area contributed by atoms with Crippen molar-refractivity contribution < 1.29 is 4.79 Å². The number of rotatable bonds is 7. The molecule has 2 heterocycles. The highest BCUT2D eigenvalue weighted by Crippen LogP contribution is 2.19. The van der Waals surface area contributed by atoms with Crippen LogP contribution in [0.15, 0.2) is 48.5 Å². The zero-order valence-corrected chi connectivity index (χ0v) is 18.4. The number of carbonyl (C=O) groups is 1. The monoisotopic (exact) mass is 447 g/mol. The maximum atomic E-state index is 12.2. The number of halogens is 2. The number of nitrogens with zero attached hydrogens (tertiary/aromatic N) is 3. The van der Waals surface area contributed by atoms with Gasteiger partial charge in [-0.05, 0) is 55.8 Å². The minimum atomic E-state index is 0. The van der Waals surface area contributed by atoms with Crippen molar-refractivity contribution in [3.05, 3.63) is 53.6 Å². The highest BCUT2D eigenvalue weighted by molar-refractivity contribution is 6.30. The number of benzene rings is 2. The van der Waals surface area contributed by atoms with Crippen LogP contribution in [0.1, 0.15) is 19.3 Å². The van der Waals surface area contributed by atoms with Gasteiger partial charge in [-0.1, -0.05) is 23.7 Å². The van der Waals surface area contributed by atoms with Crippen molar-refractivity contribution in [3.63, 3.8) is 0 Å². The van der Waals surface area contributed by atoms with E-state index in [1.54, 1.807) is 0 Å². The molecule has 1 amide bonds. The molecule has 1 aromatic heterocycles. The second-order valence-corrected chi connectivity index (χ2v) is 7.85. The molecule has 6 nitrogen and oxygen atoms in total. The Bertz CT molecular complexity index is 919. The Morgan fingerprint density at radius 3 is 2.50 bits per heavy atom. The van der Waals surface area contributed by atoms with Crippen molar-refractivity contribution in [1.29, 1.82) is 0 Å². The summed E-state index contributed by atoms with van der Waals surface area (Å²) in [5.41, 5.74) is 3.03. The Hall–Kier alpha value is -2.28. The molecule has 0 saturated carbocycles. The van der Waals surface area contributed by atoms with Crippen LogP contribution in [-0.2, 0) is 4.79 Å². The molecule has 1 aliphatic heterocycles. The fourth-order valence-electron chi connectivity index (χ4n) is 3.71. The summed E-state index contributed by atoms with van der Waals surface area (Å²) in [5.74, 6) is 0.533. The van der Waals surface area contributed by atoms with E-state index in [-0.39, 0.29) is 18.3 Å². The third-order valence-electron chi connectivity index (χ3n) is 5.34. The highest BCUT2D eigenvalue weighted by atomic mass is 35.5. The SMILES string of the molecule is Cl.O=C(CCCCN1CCN(c2ccc(Cl)cc2)CC1)Nc1nc2ccccc2[nH]1. The van der Waals surface area contributed by atoms with Crippen LogP contribution in [-0.4, -0.2) is 53.5 Å². The van der Waals surface area contributed by atoms with E-state index >= 15 is 0 Å². The summed E-state index contributed by atoms with van der Waals surface area (Å²) in [4.78, 5) is 24.5. The van der Waals surface area contributed by atoms with Gasteiger partial charge < -0.3 is 9.88 Å². The normalized spacial score (nSPS) is 14.5. The molecule has 160 valence electrons. The Balaban J connectivity index is 0.00000256. The summed E-state index contributed by atoms with van der Waals surface area (Å²) >= 11 is 5.97.